The van der Waals surface area contributed by atoms with Gasteiger partial charge < -0.3 is 9.47 Å². The molecule has 1 aliphatic carbocycles. The van der Waals surface area contributed by atoms with Gasteiger partial charge in [0.25, 0.3) is 5.78 Å². The second-order valence-electron chi connectivity index (χ2n) is 7.80. The monoisotopic (exact) mass is 480 g/mol. The largest absolute Gasteiger partial charge is 0.497 e. The molecule has 2 aromatic heterocycles. The quantitative estimate of drug-likeness (QED) is 0.359. The fourth-order valence-corrected chi connectivity index (χ4v) is 5.06. The number of Topliss-reactive ketones (excluding diaryl/α,β-unsaturated/α-hetero) is 1. The number of ketones is 1. The Morgan fingerprint density at radius 2 is 2.00 bits per heavy atom. The highest BCUT2D eigenvalue weighted by molar-refractivity contribution is 7.98. The lowest BCUT2D eigenvalue weighted by molar-refractivity contribution is 0.0962. The number of rotatable bonds is 6. The van der Waals surface area contributed by atoms with Crippen LogP contribution in [0.4, 0.5) is 0 Å². The first kappa shape index (κ1) is 21.7. The van der Waals surface area contributed by atoms with Crippen LogP contribution in [0.2, 0.25) is 5.02 Å². The summed E-state index contributed by atoms with van der Waals surface area (Å²) in [5.41, 5.74) is 3.39. The maximum absolute atomic E-state index is 13.0. The number of hydrogen-bond donors (Lipinski definition) is 0. The molecule has 0 bridgehead atoms. The van der Waals surface area contributed by atoms with E-state index in [1.54, 1.807) is 24.9 Å². The molecule has 0 N–H and O–H groups in total. The molecule has 0 aliphatic heterocycles. The van der Waals surface area contributed by atoms with Crippen LogP contribution in [0.5, 0.6) is 11.5 Å². The summed E-state index contributed by atoms with van der Waals surface area (Å²) in [5.74, 6) is 2.60. The summed E-state index contributed by atoms with van der Waals surface area (Å²) in [6.45, 7) is 0. The molecule has 0 spiro atoms. The van der Waals surface area contributed by atoms with E-state index in [-0.39, 0.29) is 11.7 Å². The number of benzene rings is 2. The summed E-state index contributed by atoms with van der Waals surface area (Å²) in [5, 5.41) is 5.81. The van der Waals surface area contributed by atoms with Gasteiger partial charge in [0.1, 0.15) is 11.5 Å². The zero-order chi connectivity index (χ0) is 22.9. The molecule has 0 saturated carbocycles. The maximum atomic E-state index is 13.0. The van der Waals surface area contributed by atoms with Gasteiger partial charge in [-0.25, -0.2) is 9.50 Å². The first-order valence-corrected chi connectivity index (χ1v) is 11.8. The van der Waals surface area contributed by atoms with E-state index in [0.717, 1.165) is 16.8 Å². The van der Waals surface area contributed by atoms with Gasteiger partial charge >= 0.3 is 0 Å². The predicted molar refractivity (Wildman–Crippen MR) is 127 cm³/mol. The normalized spacial score (nSPS) is 15.5. The highest BCUT2D eigenvalue weighted by Crippen LogP contribution is 2.38. The van der Waals surface area contributed by atoms with Crippen LogP contribution in [0.15, 0.2) is 53.8 Å². The van der Waals surface area contributed by atoms with Gasteiger partial charge in [0.05, 0.1) is 25.5 Å². The van der Waals surface area contributed by atoms with E-state index in [9.17, 15) is 4.79 Å². The van der Waals surface area contributed by atoms with Gasteiger partial charge in [-0.1, -0.05) is 41.6 Å². The Balaban J connectivity index is 1.41. The van der Waals surface area contributed by atoms with E-state index in [0.29, 0.717) is 51.6 Å². The number of ether oxygens (including phenoxy) is 2. The molecular formula is C24H21ClN4O3S. The van der Waals surface area contributed by atoms with Crippen molar-refractivity contribution < 1.29 is 14.3 Å². The molecule has 168 valence electrons. The van der Waals surface area contributed by atoms with Gasteiger partial charge in [0.2, 0.25) is 5.16 Å². The number of nitrogens with zero attached hydrogens (tertiary/aromatic N) is 4. The number of aromatic nitrogens is 4. The Morgan fingerprint density at radius 1 is 1.12 bits per heavy atom. The Morgan fingerprint density at radius 3 is 2.79 bits per heavy atom. The molecule has 4 aromatic rings. The number of hydrogen-bond acceptors (Lipinski definition) is 7. The van der Waals surface area contributed by atoms with Crippen LogP contribution in [-0.4, -0.2) is 39.6 Å². The third kappa shape index (κ3) is 4.41. The van der Waals surface area contributed by atoms with Crippen LogP contribution in [0.1, 0.15) is 39.5 Å². The van der Waals surface area contributed by atoms with Gasteiger partial charge in [-0.3, -0.25) is 4.79 Å². The molecule has 1 unspecified atom stereocenters. The molecule has 0 fully saturated rings. The predicted octanol–water partition coefficient (Wildman–Crippen LogP) is 5.00. The molecule has 0 radical (unpaired) electrons. The van der Waals surface area contributed by atoms with Crippen LogP contribution in [0, 0.1) is 0 Å². The van der Waals surface area contributed by atoms with Crippen LogP contribution < -0.4 is 9.47 Å². The summed E-state index contributed by atoms with van der Waals surface area (Å²) in [7, 11) is 3.24. The standard InChI is InChI=1S/C24H21ClN4O3S/c1-31-17-6-7-18(22(11-17)32-2)15-9-20-19(21(30)10-15)12-29-23(26-20)27-24(28-29)33-13-14-4-3-5-16(25)8-14/h3-8,11-12,15H,9-10,13H2,1-2H3. The van der Waals surface area contributed by atoms with Crippen molar-refractivity contribution >= 4 is 34.9 Å². The minimum Gasteiger partial charge on any atom is -0.497 e. The number of methoxy groups -OCH3 is 2. The van der Waals surface area contributed by atoms with Crippen molar-refractivity contribution in [2.45, 2.75) is 29.7 Å². The molecule has 0 saturated heterocycles. The van der Waals surface area contributed by atoms with Gasteiger partial charge in [-0.2, -0.15) is 4.98 Å². The van der Waals surface area contributed by atoms with Crippen molar-refractivity contribution in [3.05, 3.63) is 76.1 Å². The van der Waals surface area contributed by atoms with Crippen LogP contribution in [-0.2, 0) is 12.2 Å². The lowest BCUT2D eigenvalue weighted by atomic mass is 9.82. The van der Waals surface area contributed by atoms with Crippen molar-refractivity contribution in [1.82, 2.24) is 19.6 Å². The van der Waals surface area contributed by atoms with E-state index in [1.165, 1.54) is 11.8 Å². The first-order valence-electron chi connectivity index (χ1n) is 10.4. The molecule has 33 heavy (non-hydrogen) atoms. The molecule has 1 atom stereocenters. The highest BCUT2D eigenvalue weighted by Gasteiger charge is 2.30. The number of carbonyl (C=O) groups excluding carboxylic acids is 1. The third-order valence-electron chi connectivity index (χ3n) is 5.70. The number of halogens is 1. The van der Waals surface area contributed by atoms with Crippen molar-refractivity contribution in [1.29, 1.82) is 0 Å². The first-order chi connectivity index (χ1) is 16.0. The van der Waals surface area contributed by atoms with Crippen molar-refractivity contribution in [3.8, 4) is 11.5 Å². The SMILES string of the molecule is COc1ccc(C2CC(=O)c3cn4nc(SCc5cccc(Cl)c5)nc4nc3C2)c(OC)c1. The second kappa shape index (κ2) is 9.03. The average Bonchev–Trinajstić information content (AvgIpc) is 3.23. The second-order valence-corrected chi connectivity index (χ2v) is 9.17. The highest BCUT2D eigenvalue weighted by atomic mass is 35.5. The molecule has 9 heteroatoms. The fourth-order valence-electron chi connectivity index (χ4n) is 4.08. The van der Waals surface area contributed by atoms with Gasteiger partial charge in [-0.15, -0.1) is 5.10 Å². The van der Waals surface area contributed by atoms with Crippen LogP contribution in [0.3, 0.4) is 0 Å². The zero-order valence-corrected chi connectivity index (χ0v) is 19.7. The summed E-state index contributed by atoms with van der Waals surface area (Å²) in [6, 6.07) is 13.4. The van der Waals surface area contributed by atoms with Crippen molar-refractivity contribution in [2.24, 2.45) is 0 Å². The fraction of sp³-hybridized carbons (Fsp3) is 0.250. The Bertz CT molecular complexity index is 1360. The molecule has 2 aromatic carbocycles. The van der Waals surface area contributed by atoms with E-state index in [4.69, 9.17) is 21.1 Å². The molecule has 0 amide bonds. The molecular weight excluding hydrogens is 460 g/mol. The van der Waals surface area contributed by atoms with Gasteiger partial charge in [-0.05, 0) is 35.7 Å². The van der Waals surface area contributed by atoms with Crippen molar-refractivity contribution in [2.75, 3.05) is 14.2 Å². The van der Waals surface area contributed by atoms with Gasteiger partial charge in [0, 0.05) is 35.4 Å². The summed E-state index contributed by atoms with van der Waals surface area (Å²) >= 11 is 7.57. The van der Waals surface area contributed by atoms with E-state index in [2.05, 4.69) is 15.1 Å². The minimum absolute atomic E-state index is 0.0274. The molecule has 5 rings (SSSR count). The smallest absolute Gasteiger partial charge is 0.253 e. The minimum atomic E-state index is -0.0274. The summed E-state index contributed by atoms with van der Waals surface area (Å²) < 4.78 is 12.4. The number of carbonyl (C=O) groups is 1. The molecule has 2 heterocycles. The average molecular weight is 481 g/mol. The van der Waals surface area contributed by atoms with Crippen molar-refractivity contribution in [3.63, 3.8) is 0 Å². The topological polar surface area (TPSA) is 78.6 Å². The maximum Gasteiger partial charge on any atom is 0.253 e. The molecule has 7 nitrogen and oxygen atoms in total. The molecule has 1 aliphatic rings. The lowest BCUT2D eigenvalue weighted by Crippen LogP contribution is -2.21. The number of fused-ring (bicyclic) bond motifs is 2. The van der Waals surface area contributed by atoms with Crippen LogP contribution >= 0.6 is 23.4 Å². The van der Waals surface area contributed by atoms with Gasteiger partial charge in [0.15, 0.2) is 5.78 Å². The van der Waals surface area contributed by atoms with E-state index >= 15 is 0 Å². The summed E-state index contributed by atoms with van der Waals surface area (Å²) in [6.07, 6.45) is 2.75. The number of thioether (sulfide) groups is 1. The Kier molecular flexibility index (Phi) is 5.95. The Hall–Kier alpha value is -3.10. The van der Waals surface area contributed by atoms with Crippen LogP contribution in [0.25, 0.3) is 5.78 Å². The third-order valence-corrected chi connectivity index (χ3v) is 6.84. The Labute approximate surface area is 200 Å². The summed E-state index contributed by atoms with van der Waals surface area (Å²) in [4.78, 5) is 22.2. The van der Waals surface area contributed by atoms with E-state index in [1.807, 2.05) is 42.5 Å². The van der Waals surface area contributed by atoms with E-state index < -0.39 is 0 Å². The zero-order valence-electron chi connectivity index (χ0n) is 18.1. The lowest BCUT2D eigenvalue weighted by Gasteiger charge is -2.24.